The summed E-state index contributed by atoms with van der Waals surface area (Å²) in [7, 11) is 0. The normalized spacial score (nSPS) is 22.5. The molecule has 2 saturated heterocycles. The molecule has 1 unspecified atom stereocenters. The van der Waals surface area contributed by atoms with E-state index in [-0.39, 0.29) is 17.4 Å². The van der Waals surface area contributed by atoms with Crippen molar-refractivity contribution in [2.24, 2.45) is 5.41 Å². The van der Waals surface area contributed by atoms with Crippen molar-refractivity contribution < 1.29 is 4.79 Å². The average molecular weight is 342 g/mol. The van der Waals surface area contributed by atoms with Gasteiger partial charge in [0.05, 0.1) is 11.5 Å². The third-order valence-corrected chi connectivity index (χ3v) is 5.69. The van der Waals surface area contributed by atoms with Crippen LogP contribution in [-0.2, 0) is 11.3 Å². The van der Waals surface area contributed by atoms with Crippen LogP contribution in [0.2, 0.25) is 5.02 Å². The number of carbonyl (C=O) groups excluding carboxylic acids is 1. The van der Waals surface area contributed by atoms with Crippen LogP contribution in [-0.4, -0.2) is 28.9 Å². The summed E-state index contributed by atoms with van der Waals surface area (Å²) in [6.07, 6.45) is 5.42. The van der Waals surface area contributed by atoms with E-state index >= 15 is 0 Å². The highest BCUT2D eigenvalue weighted by Gasteiger charge is 2.60. The zero-order valence-corrected chi connectivity index (χ0v) is 14.2. The van der Waals surface area contributed by atoms with E-state index < -0.39 is 0 Å². The van der Waals surface area contributed by atoms with E-state index in [2.05, 4.69) is 16.4 Å². The van der Waals surface area contributed by atoms with Gasteiger partial charge in [-0.3, -0.25) is 9.78 Å². The molecule has 2 aromatic rings. The molecular formula is C19H20ClN3O. The minimum Gasteiger partial charge on any atom is -0.330 e. The Labute approximate surface area is 146 Å². The van der Waals surface area contributed by atoms with Gasteiger partial charge in [-0.05, 0) is 49.2 Å². The minimum atomic E-state index is -0.282. The summed E-state index contributed by atoms with van der Waals surface area (Å²) in [5.41, 5.74) is 1.83. The molecule has 1 aromatic carbocycles. The summed E-state index contributed by atoms with van der Waals surface area (Å²) in [5.74, 6) is 0.248. The molecule has 0 radical (unpaired) electrons. The van der Waals surface area contributed by atoms with Crippen molar-refractivity contribution in [2.75, 3.05) is 13.1 Å². The summed E-state index contributed by atoms with van der Waals surface area (Å²) in [4.78, 5) is 19.3. The summed E-state index contributed by atoms with van der Waals surface area (Å²) < 4.78 is 0. The maximum atomic E-state index is 13.1. The smallest absolute Gasteiger partial charge is 0.232 e. The van der Waals surface area contributed by atoms with E-state index in [1.807, 2.05) is 41.4 Å². The molecule has 24 heavy (non-hydrogen) atoms. The first kappa shape index (κ1) is 15.6. The Hall–Kier alpha value is -1.91. The van der Waals surface area contributed by atoms with Crippen molar-refractivity contribution >= 4 is 17.5 Å². The molecule has 0 bridgehead atoms. The molecule has 1 aromatic heterocycles. The molecule has 1 N–H and O–H groups in total. The predicted octanol–water partition coefficient (Wildman–Crippen LogP) is 3.19. The van der Waals surface area contributed by atoms with E-state index in [1.54, 1.807) is 6.20 Å². The Morgan fingerprint density at radius 1 is 1.21 bits per heavy atom. The number of halogens is 1. The number of β-lactam (4-membered cyclic amide) rings is 1. The third-order valence-electron chi connectivity index (χ3n) is 5.32. The van der Waals surface area contributed by atoms with Crippen LogP contribution in [0.3, 0.4) is 0 Å². The molecular weight excluding hydrogens is 322 g/mol. The third kappa shape index (κ3) is 2.41. The van der Waals surface area contributed by atoms with Gasteiger partial charge in [0.25, 0.3) is 0 Å². The fourth-order valence-electron chi connectivity index (χ4n) is 4.12. The molecule has 4 rings (SSSR count). The number of rotatable bonds is 3. The molecule has 0 saturated carbocycles. The van der Waals surface area contributed by atoms with Gasteiger partial charge in [-0.15, -0.1) is 0 Å². The average Bonchev–Trinajstić information content (AvgIpc) is 2.64. The predicted molar refractivity (Wildman–Crippen MR) is 93.5 cm³/mol. The molecule has 3 heterocycles. The maximum Gasteiger partial charge on any atom is 0.232 e. The quantitative estimate of drug-likeness (QED) is 0.872. The summed E-state index contributed by atoms with van der Waals surface area (Å²) in [6.45, 7) is 2.33. The molecule has 124 valence electrons. The van der Waals surface area contributed by atoms with Crippen LogP contribution in [0.4, 0.5) is 0 Å². The lowest BCUT2D eigenvalue weighted by Gasteiger charge is -2.58. The number of nitrogens with zero attached hydrogens (tertiary/aromatic N) is 2. The lowest BCUT2D eigenvalue weighted by atomic mass is 9.62. The fraction of sp³-hybridized carbons (Fsp3) is 0.368. The number of carbonyl (C=O) groups is 1. The lowest BCUT2D eigenvalue weighted by molar-refractivity contribution is -0.179. The van der Waals surface area contributed by atoms with Gasteiger partial charge in [0.1, 0.15) is 0 Å². The Balaban J connectivity index is 1.68. The van der Waals surface area contributed by atoms with Crippen LogP contribution in [0.5, 0.6) is 0 Å². The highest BCUT2D eigenvalue weighted by molar-refractivity contribution is 6.31. The highest BCUT2D eigenvalue weighted by atomic mass is 35.5. The van der Waals surface area contributed by atoms with Crippen molar-refractivity contribution in [2.45, 2.75) is 25.4 Å². The minimum absolute atomic E-state index is 0.0806. The topological polar surface area (TPSA) is 45.2 Å². The van der Waals surface area contributed by atoms with Gasteiger partial charge in [-0.25, -0.2) is 0 Å². The zero-order chi connectivity index (χ0) is 16.6. The number of pyridine rings is 1. The van der Waals surface area contributed by atoms with Crippen LogP contribution in [0.1, 0.15) is 30.0 Å². The zero-order valence-electron chi connectivity index (χ0n) is 13.4. The first-order valence-electron chi connectivity index (χ1n) is 8.37. The molecule has 1 spiro atoms. The number of likely N-dealkylation sites (tertiary alicyclic amines) is 1. The molecule has 1 amide bonds. The van der Waals surface area contributed by atoms with Crippen LogP contribution in [0.25, 0.3) is 0 Å². The lowest BCUT2D eigenvalue weighted by Crippen LogP contribution is -2.65. The van der Waals surface area contributed by atoms with Gasteiger partial charge < -0.3 is 10.2 Å². The Morgan fingerprint density at radius 2 is 2.00 bits per heavy atom. The van der Waals surface area contributed by atoms with Gasteiger partial charge in [0, 0.05) is 24.0 Å². The number of aromatic nitrogens is 1. The van der Waals surface area contributed by atoms with Gasteiger partial charge in [-0.1, -0.05) is 35.9 Å². The Bertz CT molecular complexity index is 743. The molecule has 4 nitrogen and oxygen atoms in total. The summed E-state index contributed by atoms with van der Waals surface area (Å²) >= 11 is 6.31. The van der Waals surface area contributed by atoms with Crippen LogP contribution >= 0.6 is 11.6 Å². The number of hydrogen-bond acceptors (Lipinski definition) is 3. The van der Waals surface area contributed by atoms with Crippen molar-refractivity contribution in [3.63, 3.8) is 0 Å². The molecule has 2 aliphatic rings. The molecule has 2 fully saturated rings. The molecule has 2 aliphatic heterocycles. The van der Waals surface area contributed by atoms with Crippen LogP contribution in [0.15, 0.2) is 48.8 Å². The second-order valence-electron chi connectivity index (χ2n) is 6.62. The van der Waals surface area contributed by atoms with Crippen molar-refractivity contribution in [3.05, 3.63) is 64.9 Å². The van der Waals surface area contributed by atoms with Gasteiger partial charge in [-0.2, -0.15) is 0 Å². The fourth-order valence-corrected chi connectivity index (χ4v) is 4.32. The van der Waals surface area contributed by atoms with E-state index in [0.717, 1.165) is 37.1 Å². The number of benzene rings is 1. The second kappa shape index (κ2) is 6.19. The molecule has 1 atom stereocenters. The van der Waals surface area contributed by atoms with Gasteiger partial charge in [0.2, 0.25) is 5.91 Å². The SMILES string of the molecule is O=C1N(Cc2ccccc2Cl)C(c2cccnc2)C12CCNCC2. The number of piperidine rings is 1. The number of nitrogens with one attached hydrogen (secondary N) is 1. The van der Waals surface area contributed by atoms with E-state index in [0.29, 0.717) is 11.6 Å². The Morgan fingerprint density at radius 3 is 2.71 bits per heavy atom. The van der Waals surface area contributed by atoms with Crippen molar-refractivity contribution in [1.29, 1.82) is 0 Å². The van der Waals surface area contributed by atoms with Gasteiger partial charge in [0.15, 0.2) is 0 Å². The van der Waals surface area contributed by atoms with Gasteiger partial charge >= 0.3 is 0 Å². The number of hydrogen-bond donors (Lipinski definition) is 1. The van der Waals surface area contributed by atoms with Crippen molar-refractivity contribution in [1.82, 2.24) is 15.2 Å². The van der Waals surface area contributed by atoms with Crippen LogP contribution in [0, 0.1) is 5.41 Å². The van der Waals surface area contributed by atoms with Crippen molar-refractivity contribution in [3.8, 4) is 0 Å². The maximum absolute atomic E-state index is 13.1. The summed E-state index contributed by atoms with van der Waals surface area (Å²) in [6, 6.07) is 11.8. The van der Waals surface area contributed by atoms with E-state index in [4.69, 9.17) is 11.6 Å². The Kier molecular flexibility index (Phi) is 4.02. The first-order valence-corrected chi connectivity index (χ1v) is 8.75. The largest absolute Gasteiger partial charge is 0.330 e. The first-order chi connectivity index (χ1) is 11.7. The van der Waals surface area contributed by atoms with Crippen LogP contribution < -0.4 is 5.32 Å². The second-order valence-corrected chi connectivity index (χ2v) is 7.03. The highest BCUT2D eigenvalue weighted by Crippen LogP contribution is 2.55. The standard InChI is InChI=1S/C19H20ClN3O/c20-16-6-2-1-4-15(16)13-23-17(14-5-3-9-22-12-14)19(18(23)24)7-10-21-11-8-19/h1-6,9,12,17,21H,7-8,10-11,13H2. The monoisotopic (exact) mass is 341 g/mol. The van der Waals surface area contributed by atoms with E-state index in [9.17, 15) is 4.79 Å². The number of amides is 1. The molecule has 0 aliphatic carbocycles. The van der Waals surface area contributed by atoms with E-state index in [1.165, 1.54) is 0 Å². The molecule has 5 heteroatoms. The summed E-state index contributed by atoms with van der Waals surface area (Å²) in [5, 5.41) is 4.08.